The normalized spacial score (nSPS) is 15.4. The molecule has 0 radical (unpaired) electrons. The molecule has 1 aromatic carbocycles. The van der Waals surface area contributed by atoms with Crippen molar-refractivity contribution in [2.24, 2.45) is 5.73 Å². The molecule has 0 spiro atoms. The van der Waals surface area contributed by atoms with Gasteiger partial charge in [-0.1, -0.05) is 12.1 Å². The third-order valence-corrected chi connectivity index (χ3v) is 4.59. The summed E-state index contributed by atoms with van der Waals surface area (Å²) in [5.74, 6) is -0.598. The smallest absolute Gasteiger partial charge is 0.408 e. The summed E-state index contributed by atoms with van der Waals surface area (Å²) >= 11 is 0. The van der Waals surface area contributed by atoms with Gasteiger partial charge in [0.15, 0.2) is 0 Å². The van der Waals surface area contributed by atoms with E-state index in [1.807, 2.05) is 24.3 Å². The van der Waals surface area contributed by atoms with Gasteiger partial charge >= 0.3 is 6.09 Å². The monoisotopic (exact) mass is 419 g/mol. The molecule has 1 saturated heterocycles. The molecule has 1 aliphatic heterocycles. The number of nitrogens with one attached hydrogen (secondary N) is 2. The lowest BCUT2D eigenvalue weighted by atomic mass is 10.1. The molecule has 9 heteroatoms. The minimum absolute atomic E-state index is 0.154. The van der Waals surface area contributed by atoms with Gasteiger partial charge in [-0.25, -0.2) is 4.79 Å². The lowest BCUT2D eigenvalue weighted by Crippen LogP contribution is -2.49. The van der Waals surface area contributed by atoms with Crippen LogP contribution < -0.4 is 16.4 Å². The molecule has 0 atom stereocenters. The highest BCUT2D eigenvalue weighted by molar-refractivity contribution is 5.93. The number of benzene rings is 1. The van der Waals surface area contributed by atoms with Crippen LogP contribution in [0.15, 0.2) is 24.3 Å². The molecule has 0 unspecified atom stereocenters. The van der Waals surface area contributed by atoms with Crippen molar-refractivity contribution in [3.63, 3.8) is 0 Å². The quantitative estimate of drug-likeness (QED) is 0.574. The minimum Gasteiger partial charge on any atom is -0.444 e. The summed E-state index contributed by atoms with van der Waals surface area (Å²) in [7, 11) is 0. The maximum absolute atomic E-state index is 12.0. The first-order chi connectivity index (χ1) is 14.1. The lowest BCUT2D eigenvalue weighted by Gasteiger charge is -2.33. The summed E-state index contributed by atoms with van der Waals surface area (Å²) in [6, 6.07) is 7.68. The number of alkyl carbamates (subject to hydrolysis) is 1. The van der Waals surface area contributed by atoms with Gasteiger partial charge in [-0.2, -0.15) is 0 Å². The van der Waals surface area contributed by atoms with Crippen molar-refractivity contribution in [3.05, 3.63) is 29.8 Å². The Labute approximate surface area is 177 Å². The average molecular weight is 420 g/mol. The van der Waals surface area contributed by atoms with E-state index in [-0.39, 0.29) is 18.4 Å². The van der Waals surface area contributed by atoms with Gasteiger partial charge in [0.25, 0.3) is 0 Å². The molecule has 3 amide bonds. The highest BCUT2D eigenvalue weighted by Gasteiger charge is 2.18. The molecule has 1 aliphatic rings. The van der Waals surface area contributed by atoms with Crippen molar-refractivity contribution in [3.8, 4) is 0 Å². The Morgan fingerprint density at radius 2 is 1.63 bits per heavy atom. The summed E-state index contributed by atoms with van der Waals surface area (Å²) in [6.45, 7) is 9.95. The van der Waals surface area contributed by atoms with E-state index < -0.39 is 11.7 Å². The van der Waals surface area contributed by atoms with Crippen molar-refractivity contribution >= 4 is 23.6 Å². The Morgan fingerprint density at radius 1 is 1.03 bits per heavy atom. The molecule has 1 aromatic rings. The van der Waals surface area contributed by atoms with Crippen molar-refractivity contribution < 1.29 is 19.1 Å². The van der Waals surface area contributed by atoms with Gasteiger partial charge < -0.3 is 26.0 Å². The number of carbonyl (C=O) groups excluding carboxylic acids is 3. The van der Waals surface area contributed by atoms with Crippen LogP contribution in [-0.2, 0) is 20.7 Å². The Hall–Kier alpha value is -2.65. The van der Waals surface area contributed by atoms with Gasteiger partial charge in [0.1, 0.15) is 12.1 Å². The minimum atomic E-state index is -0.622. The molecule has 166 valence electrons. The average Bonchev–Trinajstić information content (AvgIpc) is 2.65. The van der Waals surface area contributed by atoms with Crippen LogP contribution in [0.2, 0.25) is 0 Å². The fraction of sp³-hybridized carbons (Fsp3) is 0.571. The number of hydrogen-bond acceptors (Lipinski definition) is 6. The standard InChI is InChI=1S/C21H33N5O4/c1-21(2,3)30-20(29)23-14-19(28)24-17-6-4-16(5-7-17)8-9-25-10-12-26(13-11-25)15-18(22)27/h4-7H,8-15H2,1-3H3,(H2,22,27)(H,23,29)(H,24,28). The number of nitrogens with two attached hydrogens (primary N) is 1. The molecular weight excluding hydrogens is 386 g/mol. The number of piperazine rings is 1. The first kappa shape index (κ1) is 23.6. The highest BCUT2D eigenvalue weighted by Crippen LogP contribution is 2.11. The number of hydrogen-bond donors (Lipinski definition) is 3. The summed E-state index contributed by atoms with van der Waals surface area (Å²) in [6.07, 6.45) is 0.285. The molecule has 2 rings (SSSR count). The van der Waals surface area contributed by atoms with Crippen molar-refractivity contribution in [1.29, 1.82) is 0 Å². The van der Waals surface area contributed by atoms with Crippen molar-refractivity contribution in [1.82, 2.24) is 15.1 Å². The van der Waals surface area contributed by atoms with Gasteiger partial charge in [-0.15, -0.1) is 0 Å². The maximum atomic E-state index is 12.0. The zero-order chi connectivity index (χ0) is 22.1. The Kier molecular flexibility index (Phi) is 8.61. The van der Waals surface area contributed by atoms with Crippen LogP contribution in [0, 0.1) is 0 Å². The first-order valence-corrected chi connectivity index (χ1v) is 10.2. The number of ether oxygens (including phenoxy) is 1. The second-order valence-corrected chi connectivity index (χ2v) is 8.43. The number of amides is 3. The maximum Gasteiger partial charge on any atom is 0.408 e. The van der Waals surface area contributed by atoms with Gasteiger partial charge in [-0.05, 0) is 44.9 Å². The van der Waals surface area contributed by atoms with Gasteiger partial charge in [0.2, 0.25) is 11.8 Å². The molecule has 30 heavy (non-hydrogen) atoms. The van der Waals surface area contributed by atoms with Crippen LogP contribution in [-0.4, -0.2) is 79.1 Å². The second-order valence-electron chi connectivity index (χ2n) is 8.43. The van der Waals surface area contributed by atoms with E-state index in [9.17, 15) is 14.4 Å². The predicted molar refractivity (Wildman–Crippen MR) is 115 cm³/mol. The van der Waals surface area contributed by atoms with Crippen LogP contribution in [0.3, 0.4) is 0 Å². The topological polar surface area (TPSA) is 117 Å². The third-order valence-electron chi connectivity index (χ3n) is 4.59. The van der Waals surface area contributed by atoms with Crippen LogP contribution in [0.4, 0.5) is 10.5 Å². The molecule has 0 aliphatic carbocycles. The molecular formula is C21H33N5O4. The molecule has 0 saturated carbocycles. The van der Waals surface area contributed by atoms with Crippen molar-refractivity contribution in [2.75, 3.05) is 51.1 Å². The van der Waals surface area contributed by atoms with E-state index in [1.165, 1.54) is 5.56 Å². The molecule has 9 nitrogen and oxygen atoms in total. The van der Waals surface area contributed by atoms with E-state index in [0.29, 0.717) is 12.2 Å². The number of primary amides is 1. The van der Waals surface area contributed by atoms with E-state index >= 15 is 0 Å². The molecule has 1 fully saturated rings. The number of carbonyl (C=O) groups is 3. The van der Waals surface area contributed by atoms with Crippen LogP contribution in [0.25, 0.3) is 0 Å². The summed E-state index contributed by atoms with van der Waals surface area (Å²) in [4.78, 5) is 39.0. The predicted octanol–water partition coefficient (Wildman–Crippen LogP) is 0.795. The van der Waals surface area contributed by atoms with Crippen molar-refractivity contribution in [2.45, 2.75) is 32.8 Å². The fourth-order valence-corrected chi connectivity index (χ4v) is 3.11. The Balaban J connectivity index is 1.68. The lowest BCUT2D eigenvalue weighted by molar-refractivity contribution is -0.119. The van der Waals surface area contributed by atoms with Gasteiger partial charge in [-0.3, -0.25) is 14.5 Å². The number of nitrogens with zero attached hydrogens (tertiary/aromatic N) is 2. The SMILES string of the molecule is CC(C)(C)OC(=O)NCC(=O)Nc1ccc(CCN2CCN(CC(N)=O)CC2)cc1. The Morgan fingerprint density at radius 3 is 2.20 bits per heavy atom. The zero-order valence-electron chi connectivity index (χ0n) is 18.1. The number of rotatable bonds is 8. The number of anilines is 1. The van der Waals surface area contributed by atoms with Gasteiger partial charge in [0.05, 0.1) is 6.54 Å². The van der Waals surface area contributed by atoms with E-state index in [0.717, 1.165) is 39.1 Å². The van der Waals surface area contributed by atoms with E-state index in [1.54, 1.807) is 20.8 Å². The van der Waals surface area contributed by atoms with E-state index in [2.05, 4.69) is 20.4 Å². The third kappa shape index (κ3) is 9.23. The first-order valence-electron chi connectivity index (χ1n) is 10.2. The molecule has 0 aromatic heterocycles. The molecule has 4 N–H and O–H groups in total. The largest absolute Gasteiger partial charge is 0.444 e. The summed E-state index contributed by atoms with van der Waals surface area (Å²) < 4.78 is 5.10. The Bertz CT molecular complexity index is 722. The molecule has 0 bridgehead atoms. The van der Waals surface area contributed by atoms with Gasteiger partial charge in [0, 0.05) is 38.4 Å². The summed E-state index contributed by atoms with van der Waals surface area (Å²) in [5.41, 5.74) is 6.49. The van der Waals surface area contributed by atoms with Crippen LogP contribution >= 0.6 is 0 Å². The highest BCUT2D eigenvalue weighted by atomic mass is 16.6. The van der Waals surface area contributed by atoms with Crippen LogP contribution in [0.5, 0.6) is 0 Å². The zero-order valence-corrected chi connectivity index (χ0v) is 18.1. The fourth-order valence-electron chi connectivity index (χ4n) is 3.11. The second kappa shape index (κ2) is 10.9. The summed E-state index contributed by atoms with van der Waals surface area (Å²) in [5, 5.41) is 5.18. The van der Waals surface area contributed by atoms with Crippen LogP contribution in [0.1, 0.15) is 26.3 Å². The molecule has 1 heterocycles. The van der Waals surface area contributed by atoms with E-state index in [4.69, 9.17) is 10.5 Å².